The molecule has 0 saturated heterocycles. The summed E-state index contributed by atoms with van der Waals surface area (Å²) in [5.74, 6) is -0.864. The van der Waals surface area contributed by atoms with Crippen molar-refractivity contribution in [1.29, 1.82) is 0 Å². The summed E-state index contributed by atoms with van der Waals surface area (Å²) in [4.78, 5) is 22.3. The third-order valence-electron chi connectivity index (χ3n) is 4.16. The maximum atomic E-state index is 11.9. The van der Waals surface area contributed by atoms with Crippen LogP contribution in [0.4, 0.5) is 0 Å². The van der Waals surface area contributed by atoms with Gasteiger partial charge >= 0.3 is 11.9 Å². The highest BCUT2D eigenvalue weighted by Crippen LogP contribution is 2.18. The normalized spacial score (nSPS) is 13.5. The molecule has 0 aliphatic rings. The van der Waals surface area contributed by atoms with Crippen molar-refractivity contribution in [2.45, 2.75) is 90.6 Å². The predicted molar refractivity (Wildman–Crippen MR) is 90.2 cm³/mol. The summed E-state index contributed by atoms with van der Waals surface area (Å²) in [7, 11) is 0. The van der Waals surface area contributed by atoms with Gasteiger partial charge in [-0.25, -0.2) is 0 Å². The minimum atomic E-state index is -0.734. The second-order valence-corrected chi connectivity index (χ2v) is 6.18. The lowest BCUT2D eigenvalue weighted by atomic mass is 9.96. The van der Waals surface area contributed by atoms with Crippen LogP contribution in [-0.2, 0) is 14.3 Å². The van der Waals surface area contributed by atoms with Crippen molar-refractivity contribution >= 4 is 11.9 Å². The number of aliphatic hydroxyl groups excluding tert-OH is 1. The Bertz CT molecular complexity index is 313. The lowest BCUT2D eigenvalue weighted by molar-refractivity contribution is -0.153. The molecule has 0 spiro atoms. The van der Waals surface area contributed by atoms with Gasteiger partial charge in [0, 0.05) is 25.4 Å². The highest BCUT2D eigenvalue weighted by Gasteiger charge is 2.22. The molecule has 5 nitrogen and oxygen atoms in total. The highest BCUT2D eigenvalue weighted by atomic mass is 16.5. The Morgan fingerprint density at radius 2 is 1.52 bits per heavy atom. The van der Waals surface area contributed by atoms with E-state index in [0.29, 0.717) is 6.42 Å². The zero-order valence-corrected chi connectivity index (χ0v) is 14.8. The number of esters is 1. The number of unbranched alkanes of at least 4 members (excludes halogenated alkanes) is 5. The first-order chi connectivity index (χ1) is 11.0. The smallest absolute Gasteiger partial charge is 0.306 e. The molecule has 0 amide bonds. The van der Waals surface area contributed by atoms with E-state index in [1.807, 2.05) is 6.92 Å². The zero-order valence-electron chi connectivity index (χ0n) is 14.8. The van der Waals surface area contributed by atoms with Crippen molar-refractivity contribution in [2.75, 3.05) is 6.61 Å². The molecule has 136 valence electrons. The van der Waals surface area contributed by atoms with Crippen molar-refractivity contribution in [3.05, 3.63) is 0 Å². The van der Waals surface area contributed by atoms with Crippen LogP contribution in [0.2, 0.25) is 0 Å². The Morgan fingerprint density at radius 3 is 2.00 bits per heavy atom. The molecule has 0 aromatic carbocycles. The summed E-state index contributed by atoms with van der Waals surface area (Å²) in [6.07, 6.45) is 8.54. The van der Waals surface area contributed by atoms with Gasteiger partial charge in [0.15, 0.2) is 0 Å². The second kappa shape index (κ2) is 14.5. The predicted octanol–water partition coefficient (Wildman–Crippen LogP) is 3.92. The van der Waals surface area contributed by atoms with Gasteiger partial charge < -0.3 is 14.9 Å². The van der Waals surface area contributed by atoms with Gasteiger partial charge in [0.05, 0.1) is 0 Å². The minimum Gasteiger partial charge on any atom is -0.481 e. The van der Waals surface area contributed by atoms with Gasteiger partial charge in [-0.15, -0.1) is 0 Å². The quantitative estimate of drug-likeness (QED) is 0.351. The van der Waals surface area contributed by atoms with E-state index in [4.69, 9.17) is 9.84 Å². The van der Waals surface area contributed by atoms with Gasteiger partial charge in [-0.3, -0.25) is 9.59 Å². The molecule has 0 radical (unpaired) electrons. The van der Waals surface area contributed by atoms with Crippen LogP contribution in [0.3, 0.4) is 0 Å². The maximum Gasteiger partial charge on any atom is 0.306 e. The average Bonchev–Trinajstić information content (AvgIpc) is 2.51. The topological polar surface area (TPSA) is 83.8 Å². The molecular formula is C18H34O5. The number of hydrogen-bond donors (Lipinski definition) is 2. The number of rotatable bonds is 15. The average molecular weight is 330 g/mol. The van der Waals surface area contributed by atoms with Gasteiger partial charge in [-0.1, -0.05) is 46.0 Å². The molecule has 0 aliphatic carbocycles. The van der Waals surface area contributed by atoms with E-state index in [9.17, 15) is 14.7 Å². The van der Waals surface area contributed by atoms with Crippen LogP contribution in [0.1, 0.15) is 84.5 Å². The highest BCUT2D eigenvalue weighted by molar-refractivity contribution is 5.69. The number of aliphatic carboxylic acids is 1. The fourth-order valence-corrected chi connectivity index (χ4v) is 2.67. The monoisotopic (exact) mass is 330 g/mol. The number of carboxylic acid groups (broad SMARTS) is 1. The van der Waals surface area contributed by atoms with Crippen molar-refractivity contribution in [2.24, 2.45) is 5.92 Å². The zero-order chi connectivity index (χ0) is 17.5. The number of hydrogen-bond acceptors (Lipinski definition) is 4. The first-order valence-electron chi connectivity index (χ1n) is 9.07. The molecule has 23 heavy (non-hydrogen) atoms. The Morgan fingerprint density at radius 1 is 0.957 bits per heavy atom. The lowest BCUT2D eigenvalue weighted by Gasteiger charge is -2.24. The minimum absolute atomic E-state index is 0.0353. The molecule has 0 aromatic rings. The van der Waals surface area contributed by atoms with Crippen molar-refractivity contribution in [3.63, 3.8) is 0 Å². The Labute approximate surface area is 140 Å². The molecule has 0 aliphatic heterocycles. The van der Waals surface area contributed by atoms with Crippen molar-refractivity contribution in [3.8, 4) is 0 Å². The summed E-state index contributed by atoms with van der Waals surface area (Å²) in [6.45, 7) is 4.11. The summed E-state index contributed by atoms with van der Waals surface area (Å²) >= 11 is 0. The van der Waals surface area contributed by atoms with E-state index in [-0.39, 0.29) is 31.0 Å². The van der Waals surface area contributed by atoms with E-state index in [1.165, 1.54) is 0 Å². The molecule has 2 unspecified atom stereocenters. The summed E-state index contributed by atoms with van der Waals surface area (Å²) < 4.78 is 5.54. The fraction of sp³-hybridized carbons (Fsp3) is 0.889. The Balaban J connectivity index is 3.77. The van der Waals surface area contributed by atoms with Gasteiger partial charge in [0.1, 0.15) is 6.10 Å². The third-order valence-corrected chi connectivity index (χ3v) is 4.16. The van der Waals surface area contributed by atoms with Crippen molar-refractivity contribution < 1.29 is 24.5 Å². The molecule has 2 atom stereocenters. The van der Waals surface area contributed by atoms with Gasteiger partial charge in [-0.2, -0.15) is 0 Å². The molecule has 0 aromatic heterocycles. The molecular weight excluding hydrogens is 296 g/mol. The van der Waals surface area contributed by atoms with Gasteiger partial charge in [0.25, 0.3) is 0 Å². The number of ether oxygens (including phenoxy) is 1. The SMILES string of the molecule is CCCC(OC(=O)CCCCCCCCC(=O)O)C(CC)CO. The van der Waals surface area contributed by atoms with Crippen LogP contribution < -0.4 is 0 Å². The lowest BCUT2D eigenvalue weighted by Crippen LogP contribution is -2.29. The number of carbonyl (C=O) groups is 2. The van der Waals surface area contributed by atoms with E-state index in [2.05, 4.69) is 6.92 Å². The summed E-state index contributed by atoms with van der Waals surface area (Å²) in [6, 6.07) is 0. The molecule has 0 rings (SSSR count). The van der Waals surface area contributed by atoms with Gasteiger partial charge in [-0.05, 0) is 25.7 Å². The van der Waals surface area contributed by atoms with Crippen LogP contribution in [0, 0.1) is 5.92 Å². The maximum absolute atomic E-state index is 11.9. The summed E-state index contributed by atoms with van der Waals surface area (Å²) in [5, 5.41) is 17.9. The number of carboxylic acids is 1. The molecule has 0 heterocycles. The largest absolute Gasteiger partial charge is 0.481 e. The van der Waals surface area contributed by atoms with E-state index < -0.39 is 5.97 Å². The number of carbonyl (C=O) groups excluding carboxylic acids is 1. The molecule has 0 bridgehead atoms. The van der Waals surface area contributed by atoms with E-state index >= 15 is 0 Å². The molecule has 0 saturated carbocycles. The van der Waals surface area contributed by atoms with E-state index in [0.717, 1.165) is 57.8 Å². The first-order valence-corrected chi connectivity index (χ1v) is 9.07. The van der Waals surface area contributed by atoms with E-state index in [1.54, 1.807) is 0 Å². The van der Waals surface area contributed by atoms with Crippen LogP contribution in [0.5, 0.6) is 0 Å². The first kappa shape index (κ1) is 21.9. The number of aliphatic hydroxyl groups is 1. The molecule has 2 N–H and O–H groups in total. The third kappa shape index (κ3) is 12.0. The Kier molecular flexibility index (Phi) is 13.8. The van der Waals surface area contributed by atoms with Crippen LogP contribution >= 0.6 is 0 Å². The molecule has 5 heteroatoms. The van der Waals surface area contributed by atoms with Gasteiger partial charge in [0.2, 0.25) is 0 Å². The van der Waals surface area contributed by atoms with Crippen LogP contribution in [0.25, 0.3) is 0 Å². The molecule has 0 fully saturated rings. The van der Waals surface area contributed by atoms with Crippen molar-refractivity contribution in [1.82, 2.24) is 0 Å². The second-order valence-electron chi connectivity index (χ2n) is 6.18. The standard InChI is InChI=1S/C18H34O5/c1-3-11-16(15(4-2)14-19)23-18(22)13-10-8-6-5-7-9-12-17(20)21/h15-16,19H,3-14H2,1-2H3,(H,20,21). The van der Waals surface area contributed by atoms with Crippen LogP contribution in [0.15, 0.2) is 0 Å². The van der Waals surface area contributed by atoms with Crippen LogP contribution in [-0.4, -0.2) is 34.9 Å². The summed E-state index contributed by atoms with van der Waals surface area (Å²) in [5.41, 5.74) is 0. The fourth-order valence-electron chi connectivity index (χ4n) is 2.67. The Hall–Kier alpha value is -1.10.